The summed E-state index contributed by atoms with van der Waals surface area (Å²) < 4.78 is 46.7. The Morgan fingerprint density at radius 2 is 1.87 bits per heavy atom. The third kappa shape index (κ3) is 4.52. The molecule has 3 aromatic heterocycles. The van der Waals surface area contributed by atoms with Crippen LogP contribution in [0, 0.1) is 0 Å². The summed E-state index contributed by atoms with van der Waals surface area (Å²) in [4.78, 5) is 4.01. The van der Waals surface area contributed by atoms with E-state index in [9.17, 15) is 13.2 Å². The number of thioether (sulfide) groups is 1. The quantitative estimate of drug-likeness (QED) is 0.340. The van der Waals surface area contributed by atoms with Crippen LogP contribution < -0.4 is 0 Å². The lowest BCUT2D eigenvalue weighted by Crippen LogP contribution is -2.06. The van der Waals surface area contributed by atoms with Gasteiger partial charge in [0.05, 0.1) is 23.4 Å². The summed E-state index contributed by atoms with van der Waals surface area (Å²) in [5, 5.41) is 8.75. The summed E-state index contributed by atoms with van der Waals surface area (Å²) in [5.41, 5.74) is 0.452. The van der Waals surface area contributed by atoms with Crippen LogP contribution in [0.4, 0.5) is 13.2 Å². The molecule has 0 N–H and O–H groups in total. The minimum Gasteiger partial charge on any atom is -0.467 e. The largest absolute Gasteiger partial charge is 0.467 e. The minimum absolute atomic E-state index is 0.271. The van der Waals surface area contributed by atoms with Crippen LogP contribution in [-0.2, 0) is 18.5 Å². The second kappa shape index (κ2) is 8.53. The van der Waals surface area contributed by atoms with Crippen LogP contribution in [0.25, 0.3) is 11.4 Å². The number of hydrogen-bond acceptors (Lipinski definition) is 5. The topological polar surface area (TPSA) is 56.7 Å². The molecular weight excluding hydrogens is 437 g/mol. The van der Waals surface area contributed by atoms with Crippen LogP contribution in [0.2, 0.25) is 5.02 Å². The van der Waals surface area contributed by atoms with Crippen molar-refractivity contribution in [2.75, 3.05) is 0 Å². The summed E-state index contributed by atoms with van der Waals surface area (Å²) in [6, 6.07) is 11.1. The maximum atomic E-state index is 13.1. The zero-order chi connectivity index (χ0) is 21.1. The van der Waals surface area contributed by atoms with E-state index in [4.69, 9.17) is 16.0 Å². The molecule has 0 atom stereocenters. The van der Waals surface area contributed by atoms with Gasteiger partial charge < -0.3 is 4.42 Å². The van der Waals surface area contributed by atoms with Crippen molar-refractivity contribution < 1.29 is 17.6 Å². The molecule has 154 valence electrons. The first kappa shape index (κ1) is 20.5. The maximum Gasteiger partial charge on any atom is 0.417 e. The fraction of sp³-hybridized carbons (Fsp3) is 0.150. The van der Waals surface area contributed by atoms with Gasteiger partial charge in [-0.2, -0.15) is 13.2 Å². The Kier molecular flexibility index (Phi) is 5.83. The normalized spacial score (nSPS) is 11.7. The average molecular weight is 451 g/mol. The van der Waals surface area contributed by atoms with Crippen LogP contribution in [0.15, 0.2) is 70.7 Å². The van der Waals surface area contributed by atoms with Crippen molar-refractivity contribution in [1.29, 1.82) is 0 Å². The van der Waals surface area contributed by atoms with Crippen molar-refractivity contribution in [2.24, 2.45) is 0 Å². The maximum absolute atomic E-state index is 13.1. The molecule has 0 bridgehead atoms. The lowest BCUT2D eigenvalue weighted by molar-refractivity contribution is -0.137. The molecule has 5 nitrogen and oxygen atoms in total. The monoisotopic (exact) mass is 450 g/mol. The average Bonchev–Trinajstić information content (AvgIpc) is 3.38. The van der Waals surface area contributed by atoms with Gasteiger partial charge in [0.2, 0.25) is 0 Å². The van der Waals surface area contributed by atoms with Gasteiger partial charge in [-0.15, -0.1) is 10.2 Å². The van der Waals surface area contributed by atoms with Gasteiger partial charge in [0.25, 0.3) is 0 Å². The third-order valence-electron chi connectivity index (χ3n) is 4.25. The van der Waals surface area contributed by atoms with E-state index in [0.717, 1.165) is 11.6 Å². The first-order chi connectivity index (χ1) is 14.4. The van der Waals surface area contributed by atoms with Gasteiger partial charge in [0.1, 0.15) is 5.76 Å². The van der Waals surface area contributed by atoms with Gasteiger partial charge in [-0.25, -0.2) is 0 Å². The van der Waals surface area contributed by atoms with E-state index in [1.54, 1.807) is 30.8 Å². The number of hydrogen-bond donors (Lipinski definition) is 0. The Balaban J connectivity index is 1.62. The van der Waals surface area contributed by atoms with Gasteiger partial charge in [-0.05, 0) is 42.0 Å². The van der Waals surface area contributed by atoms with E-state index in [-0.39, 0.29) is 10.8 Å². The predicted molar refractivity (Wildman–Crippen MR) is 107 cm³/mol. The molecule has 0 fully saturated rings. The van der Waals surface area contributed by atoms with E-state index in [1.165, 1.54) is 17.8 Å². The number of alkyl halides is 3. The van der Waals surface area contributed by atoms with Gasteiger partial charge in [0.15, 0.2) is 11.0 Å². The Hall–Kier alpha value is -2.78. The van der Waals surface area contributed by atoms with Crippen molar-refractivity contribution >= 4 is 23.4 Å². The molecule has 30 heavy (non-hydrogen) atoms. The van der Waals surface area contributed by atoms with E-state index >= 15 is 0 Å². The highest BCUT2D eigenvalue weighted by molar-refractivity contribution is 7.98. The molecule has 0 saturated heterocycles. The molecule has 0 spiro atoms. The first-order valence-corrected chi connectivity index (χ1v) is 10.1. The van der Waals surface area contributed by atoms with Crippen LogP contribution in [0.5, 0.6) is 0 Å². The highest BCUT2D eigenvalue weighted by atomic mass is 35.5. The van der Waals surface area contributed by atoms with Crippen molar-refractivity contribution in [2.45, 2.75) is 23.6 Å². The molecule has 0 amide bonds. The predicted octanol–water partition coefficient (Wildman–Crippen LogP) is 5.95. The minimum atomic E-state index is -4.51. The van der Waals surface area contributed by atoms with Crippen LogP contribution in [-0.4, -0.2) is 19.7 Å². The van der Waals surface area contributed by atoms with Crippen molar-refractivity contribution in [3.63, 3.8) is 0 Å². The van der Waals surface area contributed by atoms with Crippen LogP contribution in [0.1, 0.15) is 16.9 Å². The summed E-state index contributed by atoms with van der Waals surface area (Å²) in [5.74, 6) is 1.59. The highest BCUT2D eigenvalue weighted by Gasteiger charge is 2.33. The molecule has 1 aromatic carbocycles. The molecule has 4 aromatic rings. The number of rotatable bonds is 6. The number of pyridine rings is 1. The summed E-state index contributed by atoms with van der Waals surface area (Å²) in [6.07, 6.45) is 0.372. The van der Waals surface area contributed by atoms with E-state index < -0.39 is 11.7 Å². The molecule has 0 saturated carbocycles. The first-order valence-electron chi connectivity index (χ1n) is 8.76. The molecule has 4 rings (SSSR count). The molecular formula is C20H14ClF3N4OS. The number of benzene rings is 1. The van der Waals surface area contributed by atoms with E-state index in [1.807, 2.05) is 22.8 Å². The molecule has 0 unspecified atom stereocenters. The number of furan rings is 1. The second-order valence-electron chi connectivity index (χ2n) is 6.31. The molecule has 0 aliphatic rings. The second-order valence-corrected chi connectivity index (χ2v) is 7.66. The molecule has 3 heterocycles. The highest BCUT2D eigenvalue weighted by Crippen LogP contribution is 2.36. The Bertz CT molecular complexity index is 1130. The number of halogens is 4. The van der Waals surface area contributed by atoms with Gasteiger partial charge in [-0.1, -0.05) is 29.4 Å². The van der Waals surface area contributed by atoms with Crippen LogP contribution >= 0.6 is 23.4 Å². The standard InChI is InChI=1S/C20H14ClF3N4OS/c21-17-4-3-13(10-16(17)20(22,23)24)12-30-19-27-26-18(14-5-7-25-8-6-14)28(19)11-15-2-1-9-29-15/h1-10H,11-12H2. The van der Waals surface area contributed by atoms with E-state index in [2.05, 4.69) is 15.2 Å². The summed E-state index contributed by atoms with van der Waals surface area (Å²) in [7, 11) is 0. The van der Waals surface area contributed by atoms with Gasteiger partial charge in [-0.3, -0.25) is 9.55 Å². The van der Waals surface area contributed by atoms with Crippen LogP contribution in [0.3, 0.4) is 0 Å². The van der Waals surface area contributed by atoms with Crippen molar-refractivity contribution in [1.82, 2.24) is 19.7 Å². The summed E-state index contributed by atoms with van der Waals surface area (Å²) >= 11 is 6.99. The van der Waals surface area contributed by atoms with Gasteiger partial charge in [0, 0.05) is 23.7 Å². The zero-order valence-electron chi connectivity index (χ0n) is 15.3. The summed E-state index contributed by atoms with van der Waals surface area (Å²) in [6.45, 7) is 0.383. The van der Waals surface area contributed by atoms with E-state index in [0.29, 0.717) is 28.8 Å². The van der Waals surface area contributed by atoms with Crippen molar-refractivity contribution in [3.05, 3.63) is 83.0 Å². The lowest BCUT2D eigenvalue weighted by atomic mass is 10.1. The van der Waals surface area contributed by atoms with Gasteiger partial charge >= 0.3 is 6.18 Å². The Morgan fingerprint density at radius 1 is 1.07 bits per heavy atom. The Labute approximate surface area is 178 Å². The van der Waals surface area contributed by atoms with Crippen molar-refractivity contribution in [3.8, 4) is 11.4 Å². The smallest absolute Gasteiger partial charge is 0.417 e. The molecule has 0 aliphatic carbocycles. The number of nitrogens with zero attached hydrogens (tertiary/aromatic N) is 4. The SMILES string of the molecule is FC(F)(F)c1cc(CSc2nnc(-c3ccncc3)n2Cc2ccco2)ccc1Cl. The fourth-order valence-electron chi connectivity index (χ4n) is 2.84. The molecule has 0 aliphatic heterocycles. The molecule has 10 heteroatoms. The molecule has 0 radical (unpaired) electrons. The lowest BCUT2D eigenvalue weighted by Gasteiger charge is -2.11. The zero-order valence-corrected chi connectivity index (χ0v) is 16.9. The Morgan fingerprint density at radius 3 is 2.57 bits per heavy atom. The fourth-order valence-corrected chi connectivity index (χ4v) is 3.94. The number of aromatic nitrogens is 4. The third-order valence-corrected chi connectivity index (χ3v) is 5.62.